The van der Waals surface area contributed by atoms with Gasteiger partial charge in [0.2, 0.25) is 17.7 Å². The fourth-order valence-corrected chi connectivity index (χ4v) is 7.34. The number of carboxylic acid groups (broad SMARTS) is 9. The zero-order valence-corrected chi connectivity index (χ0v) is 36.0. The summed E-state index contributed by atoms with van der Waals surface area (Å²) in [6.45, 7) is 0. The van der Waals surface area contributed by atoms with Crippen molar-refractivity contribution in [1.29, 1.82) is 0 Å². The number of amides is 3. The number of nitrogens with two attached hydrogens (primary N) is 1. The second kappa shape index (κ2) is 28.4. The molecule has 0 aromatic rings. The van der Waals surface area contributed by atoms with E-state index in [0.717, 1.165) is 0 Å². The van der Waals surface area contributed by atoms with Crippen LogP contribution in [0.15, 0.2) is 0 Å². The van der Waals surface area contributed by atoms with Crippen LogP contribution in [0.3, 0.4) is 0 Å². The van der Waals surface area contributed by atoms with Crippen LogP contribution in [-0.4, -0.2) is 140 Å². The molecule has 0 aromatic heterocycles. The molecule has 0 atom stereocenters. The number of nitrogens with one attached hydrogen (secondary N) is 3. The number of carboxylic acids is 9. The van der Waals surface area contributed by atoms with Crippen LogP contribution in [0.4, 0.5) is 0 Å². The highest BCUT2D eigenvalue weighted by Crippen LogP contribution is 2.31. The fourth-order valence-electron chi connectivity index (χ4n) is 7.34. The van der Waals surface area contributed by atoms with Crippen molar-refractivity contribution in [3.63, 3.8) is 0 Å². The highest BCUT2D eigenvalue weighted by Gasteiger charge is 2.38. The molecule has 0 saturated heterocycles. The Labute approximate surface area is 372 Å². The average Bonchev–Trinajstić information content (AvgIpc) is 3.20. The van der Waals surface area contributed by atoms with E-state index >= 15 is 0 Å². The molecular formula is C40H62N4O21. The molecular weight excluding hydrogens is 872 g/mol. The first-order chi connectivity index (χ1) is 30.1. The van der Waals surface area contributed by atoms with E-state index in [1.807, 2.05) is 0 Å². The van der Waals surface area contributed by atoms with Crippen molar-refractivity contribution >= 4 is 71.4 Å². The van der Waals surface area contributed by atoms with Gasteiger partial charge in [0.1, 0.15) is 0 Å². The fraction of sp³-hybridized carbons (Fsp3) is 0.700. The van der Waals surface area contributed by atoms with Gasteiger partial charge in [-0.15, -0.1) is 0 Å². The molecule has 0 aromatic carbocycles. The van der Waals surface area contributed by atoms with E-state index in [2.05, 4.69) is 16.0 Å². The Morgan fingerprint density at radius 2 is 0.400 bits per heavy atom. The lowest BCUT2D eigenvalue weighted by molar-refractivity contribution is -0.141. The van der Waals surface area contributed by atoms with Gasteiger partial charge in [-0.1, -0.05) is 0 Å². The normalized spacial score (nSPS) is 11.8. The highest BCUT2D eigenvalue weighted by molar-refractivity contribution is 5.80. The van der Waals surface area contributed by atoms with Crippen molar-refractivity contribution < 1.29 is 103 Å². The van der Waals surface area contributed by atoms with Crippen molar-refractivity contribution in [2.75, 3.05) is 0 Å². The van der Waals surface area contributed by atoms with Gasteiger partial charge in [-0.25, -0.2) is 0 Å². The zero-order valence-electron chi connectivity index (χ0n) is 36.0. The average molecular weight is 935 g/mol. The minimum atomic E-state index is -1.70. The maximum absolute atomic E-state index is 13.6. The van der Waals surface area contributed by atoms with Crippen LogP contribution in [-0.2, 0) is 57.5 Å². The van der Waals surface area contributed by atoms with Crippen LogP contribution >= 0.6 is 0 Å². The molecule has 25 nitrogen and oxygen atoms in total. The van der Waals surface area contributed by atoms with Crippen LogP contribution in [0.2, 0.25) is 0 Å². The van der Waals surface area contributed by atoms with E-state index in [-0.39, 0.29) is 77.0 Å². The molecule has 0 aliphatic rings. The summed E-state index contributed by atoms with van der Waals surface area (Å²) in [6.07, 6.45) is -11.5. The molecule has 0 spiro atoms. The molecule has 0 radical (unpaired) electrons. The Morgan fingerprint density at radius 3 is 0.523 bits per heavy atom. The van der Waals surface area contributed by atoms with Crippen molar-refractivity contribution in [3.05, 3.63) is 0 Å². The topological polar surface area (TPSA) is 449 Å². The smallest absolute Gasteiger partial charge is 0.303 e. The maximum atomic E-state index is 13.6. The molecule has 368 valence electrons. The van der Waals surface area contributed by atoms with Gasteiger partial charge in [-0.2, -0.15) is 0 Å². The first-order valence-corrected chi connectivity index (χ1v) is 20.7. The Morgan fingerprint density at radius 1 is 0.262 bits per heavy atom. The van der Waals surface area contributed by atoms with Crippen LogP contribution in [0, 0.1) is 0 Å². The Kier molecular flexibility index (Phi) is 25.6. The van der Waals surface area contributed by atoms with Gasteiger partial charge in [0, 0.05) is 99.2 Å². The quantitative estimate of drug-likeness (QED) is 0.0414. The first-order valence-electron chi connectivity index (χ1n) is 20.7. The summed E-state index contributed by atoms with van der Waals surface area (Å²) in [6, 6.07) is 0. The molecule has 25 heteroatoms. The van der Waals surface area contributed by atoms with E-state index in [0.29, 0.717) is 0 Å². The summed E-state index contributed by atoms with van der Waals surface area (Å²) >= 11 is 0. The van der Waals surface area contributed by atoms with E-state index in [4.69, 9.17) is 5.73 Å². The highest BCUT2D eigenvalue weighted by atomic mass is 16.4. The summed E-state index contributed by atoms with van der Waals surface area (Å²) in [7, 11) is 0. The number of hydrogen-bond donors (Lipinski definition) is 13. The Balaban J connectivity index is 6.95. The van der Waals surface area contributed by atoms with Gasteiger partial charge in [0.05, 0.1) is 0 Å². The predicted octanol–water partition coefficient (Wildman–Crippen LogP) is 1.37. The summed E-state index contributed by atoms with van der Waals surface area (Å²) in [5.74, 6) is -14.6. The molecule has 3 amide bonds. The second-order valence-corrected chi connectivity index (χ2v) is 16.4. The lowest BCUT2D eigenvalue weighted by Gasteiger charge is -2.37. The SMILES string of the molecule is NC(CCC(=O)NC(CCC(=O)O)(CCC(=O)O)CCC(=O)O)(CCC(=O)NC(CCC(=O)O)(CCC(=O)O)CCC(=O)O)CCC(=O)NC(CCC(=O)O)(CCC(=O)O)CCC(=O)O. The zero-order chi connectivity index (χ0) is 50.0. The number of hydrogen-bond acceptors (Lipinski definition) is 13. The third-order valence-electron chi connectivity index (χ3n) is 11.1. The maximum Gasteiger partial charge on any atom is 0.303 e. The van der Waals surface area contributed by atoms with Crippen molar-refractivity contribution in [1.82, 2.24) is 16.0 Å². The summed E-state index contributed by atoms with van der Waals surface area (Å²) in [4.78, 5) is 144. The second-order valence-electron chi connectivity index (χ2n) is 16.4. The lowest BCUT2D eigenvalue weighted by atomic mass is 9.81. The van der Waals surface area contributed by atoms with E-state index in [9.17, 15) is 103 Å². The van der Waals surface area contributed by atoms with Crippen LogP contribution < -0.4 is 21.7 Å². The summed E-state index contributed by atoms with van der Waals surface area (Å²) in [5, 5.41) is 92.0. The third-order valence-corrected chi connectivity index (χ3v) is 11.1. The van der Waals surface area contributed by atoms with Gasteiger partial charge in [-0.3, -0.25) is 57.5 Å². The Bertz CT molecular complexity index is 1400. The largest absolute Gasteiger partial charge is 0.481 e. The van der Waals surface area contributed by atoms with E-state index in [1.54, 1.807) is 0 Å². The molecule has 0 bridgehead atoms. The van der Waals surface area contributed by atoms with Crippen molar-refractivity contribution in [2.45, 2.75) is 176 Å². The number of rotatable bonds is 39. The van der Waals surface area contributed by atoms with Crippen LogP contribution in [0.1, 0.15) is 154 Å². The molecule has 0 rings (SSSR count). The molecule has 0 fully saturated rings. The van der Waals surface area contributed by atoms with Gasteiger partial charge < -0.3 is 67.6 Å². The van der Waals surface area contributed by atoms with Crippen LogP contribution in [0.5, 0.6) is 0 Å². The monoisotopic (exact) mass is 934 g/mol. The van der Waals surface area contributed by atoms with Gasteiger partial charge in [0.15, 0.2) is 0 Å². The molecule has 0 aliphatic heterocycles. The molecule has 0 aliphatic carbocycles. The minimum absolute atomic E-state index is 0.372. The van der Waals surface area contributed by atoms with Crippen molar-refractivity contribution in [3.8, 4) is 0 Å². The molecule has 65 heavy (non-hydrogen) atoms. The van der Waals surface area contributed by atoms with E-state index < -0.39 is 171 Å². The summed E-state index contributed by atoms with van der Waals surface area (Å²) in [5.41, 5.74) is 0.164. The lowest BCUT2D eigenvalue weighted by Crippen LogP contribution is -2.52. The first kappa shape index (κ1) is 58.6. The van der Waals surface area contributed by atoms with Gasteiger partial charge in [0.25, 0.3) is 0 Å². The molecule has 0 heterocycles. The van der Waals surface area contributed by atoms with Gasteiger partial charge >= 0.3 is 53.7 Å². The van der Waals surface area contributed by atoms with Crippen LogP contribution in [0.25, 0.3) is 0 Å². The third kappa shape index (κ3) is 27.4. The standard InChI is InChI=1S/C40H62N4O21/c41-37(13-1-25(45)42-38(16-4-28(48)49,17-5-29(50)51)18-6-30(52)53,14-2-26(46)43-39(19-7-31(54)55,20-8-32(56)57)21-9-33(58)59)15-3-27(47)44-40(22-10-34(60)61,23-11-35(62)63)24-12-36(64)65/h1-24,41H2,(H,42,45)(H,43,46)(H,44,47)(H,48,49)(H,50,51)(H,52,53)(H,54,55)(H,56,57)(H,58,59)(H,60,61)(H,62,63)(H,64,65). The molecule has 0 saturated carbocycles. The van der Waals surface area contributed by atoms with E-state index in [1.165, 1.54) is 0 Å². The molecule has 0 unspecified atom stereocenters. The number of aliphatic carboxylic acids is 9. The molecule has 14 N–H and O–H groups in total. The number of carbonyl (C=O) groups is 12. The summed E-state index contributed by atoms with van der Waals surface area (Å²) < 4.78 is 0. The van der Waals surface area contributed by atoms with Crippen molar-refractivity contribution in [2.24, 2.45) is 5.73 Å². The Hall–Kier alpha value is -6.40. The number of carbonyl (C=O) groups excluding carboxylic acids is 3. The van der Waals surface area contributed by atoms with Gasteiger partial charge in [-0.05, 0) is 77.0 Å². The minimum Gasteiger partial charge on any atom is -0.481 e. The predicted molar refractivity (Wildman–Crippen MR) is 219 cm³/mol.